The summed E-state index contributed by atoms with van der Waals surface area (Å²) in [5, 5.41) is 11.2. The molecular formula is C19H35N7O. The Morgan fingerprint density at radius 1 is 1.33 bits per heavy atom. The van der Waals surface area contributed by atoms with Gasteiger partial charge < -0.3 is 15.5 Å². The SMILES string of the molecule is CN=C(NCCCN1CCCC1C(=O)N(C)C)NCc1c(C)nn(C)c1C. The fourth-order valence-corrected chi connectivity index (χ4v) is 3.63. The minimum Gasteiger partial charge on any atom is -0.356 e. The molecule has 1 aromatic rings. The molecule has 2 rings (SSSR count). The van der Waals surface area contributed by atoms with E-state index in [2.05, 4.69) is 32.5 Å². The van der Waals surface area contributed by atoms with Crippen LogP contribution in [0.5, 0.6) is 0 Å². The van der Waals surface area contributed by atoms with E-state index in [-0.39, 0.29) is 11.9 Å². The van der Waals surface area contributed by atoms with Crippen molar-refractivity contribution in [3.63, 3.8) is 0 Å². The highest BCUT2D eigenvalue weighted by molar-refractivity contribution is 5.81. The lowest BCUT2D eigenvalue weighted by Crippen LogP contribution is -2.44. The molecule has 152 valence electrons. The van der Waals surface area contributed by atoms with E-state index in [0.29, 0.717) is 6.54 Å². The first-order chi connectivity index (χ1) is 12.8. The zero-order valence-corrected chi connectivity index (χ0v) is 17.7. The van der Waals surface area contributed by atoms with Gasteiger partial charge in [-0.25, -0.2) is 0 Å². The number of rotatable bonds is 7. The van der Waals surface area contributed by atoms with Crippen LogP contribution in [0.1, 0.15) is 36.2 Å². The summed E-state index contributed by atoms with van der Waals surface area (Å²) < 4.78 is 1.91. The molecule has 0 saturated carbocycles. The van der Waals surface area contributed by atoms with Gasteiger partial charge in [-0.15, -0.1) is 0 Å². The van der Waals surface area contributed by atoms with Gasteiger partial charge in [0.2, 0.25) is 5.91 Å². The fourth-order valence-electron chi connectivity index (χ4n) is 3.63. The van der Waals surface area contributed by atoms with E-state index in [0.717, 1.165) is 50.6 Å². The molecule has 1 saturated heterocycles. The molecule has 2 heterocycles. The van der Waals surface area contributed by atoms with Crippen molar-refractivity contribution in [3.05, 3.63) is 17.0 Å². The van der Waals surface area contributed by atoms with Crippen molar-refractivity contribution in [2.24, 2.45) is 12.0 Å². The molecule has 1 amide bonds. The Balaban J connectivity index is 1.74. The lowest BCUT2D eigenvalue weighted by atomic mass is 10.2. The number of amides is 1. The third-order valence-corrected chi connectivity index (χ3v) is 5.32. The van der Waals surface area contributed by atoms with Gasteiger partial charge in [-0.3, -0.25) is 19.4 Å². The normalized spacial score (nSPS) is 18.0. The van der Waals surface area contributed by atoms with E-state index in [4.69, 9.17) is 0 Å². The average molecular weight is 378 g/mol. The summed E-state index contributed by atoms with van der Waals surface area (Å²) in [6, 6.07) is 0.0500. The summed E-state index contributed by atoms with van der Waals surface area (Å²) >= 11 is 0. The van der Waals surface area contributed by atoms with E-state index in [9.17, 15) is 4.79 Å². The minimum atomic E-state index is 0.0500. The van der Waals surface area contributed by atoms with Crippen LogP contribution >= 0.6 is 0 Å². The van der Waals surface area contributed by atoms with Crippen molar-refractivity contribution < 1.29 is 4.79 Å². The van der Waals surface area contributed by atoms with Crippen molar-refractivity contribution >= 4 is 11.9 Å². The number of carbonyl (C=O) groups excluding carboxylic acids is 1. The van der Waals surface area contributed by atoms with Gasteiger partial charge in [0.05, 0.1) is 11.7 Å². The van der Waals surface area contributed by atoms with Gasteiger partial charge in [0, 0.05) is 59.1 Å². The van der Waals surface area contributed by atoms with Gasteiger partial charge in [-0.05, 0) is 39.7 Å². The van der Waals surface area contributed by atoms with Crippen LogP contribution in [0.3, 0.4) is 0 Å². The summed E-state index contributed by atoms with van der Waals surface area (Å²) in [5.74, 6) is 1.01. The number of aromatic nitrogens is 2. The zero-order valence-electron chi connectivity index (χ0n) is 17.7. The van der Waals surface area contributed by atoms with Gasteiger partial charge in [0.1, 0.15) is 0 Å². The largest absolute Gasteiger partial charge is 0.356 e. The van der Waals surface area contributed by atoms with Crippen molar-refractivity contribution in [3.8, 4) is 0 Å². The number of aryl methyl sites for hydroxylation is 2. The summed E-state index contributed by atoms with van der Waals surface area (Å²) in [7, 11) is 7.42. The highest BCUT2D eigenvalue weighted by Crippen LogP contribution is 2.18. The van der Waals surface area contributed by atoms with E-state index in [1.165, 1.54) is 11.3 Å². The molecule has 1 atom stereocenters. The predicted molar refractivity (Wildman–Crippen MR) is 109 cm³/mol. The lowest BCUT2D eigenvalue weighted by Gasteiger charge is -2.26. The Morgan fingerprint density at radius 3 is 2.67 bits per heavy atom. The van der Waals surface area contributed by atoms with Crippen LogP contribution in [0.4, 0.5) is 0 Å². The van der Waals surface area contributed by atoms with Crippen molar-refractivity contribution in [2.75, 3.05) is 40.8 Å². The summed E-state index contributed by atoms with van der Waals surface area (Å²) in [5.41, 5.74) is 3.42. The second-order valence-electron chi connectivity index (χ2n) is 7.41. The molecule has 2 N–H and O–H groups in total. The molecule has 1 aromatic heterocycles. The molecule has 0 spiro atoms. The van der Waals surface area contributed by atoms with Crippen LogP contribution in [0.2, 0.25) is 0 Å². The van der Waals surface area contributed by atoms with Gasteiger partial charge in [0.15, 0.2) is 5.96 Å². The molecule has 0 bridgehead atoms. The highest BCUT2D eigenvalue weighted by Gasteiger charge is 2.30. The van der Waals surface area contributed by atoms with Crippen LogP contribution in [-0.2, 0) is 18.4 Å². The molecule has 1 fully saturated rings. The quantitative estimate of drug-likeness (QED) is 0.414. The van der Waals surface area contributed by atoms with E-state index in [1.54, 1.807) is 11.9 Å². The molecule has 8 nitrogen and oxygen atoms in total. The van der Waals surface area contributed by atoms with Gasteiger partial charge >= 0.3 is 0 Å². The Hall–Kier alpha value is -2.09. The van der Waals surface area contributed by atoms with Crippen molar-refractivity contribution in [1.82, 2.24) is 30.2 Å². The monoisotopic (exact) mass is 377 g/mol. The third-order valence-electron chi connectivity index (χ3n) is 5.32. The molecule has 1 unspecified atom stereocenters. The molecule has 0 radical (unpaired) electrons. The third kappa shape index (κ3) is 5.45. The molecule has 0 aliphatic carbocycles. The molecule has 8 heteroatoms. The van der Waals surface area contributed by atoms with Crippen LogP contribution in [0.15, 0.2) is 4.99 Å². The van der Waals surface area contributed by atoms with Crippen molar-refractivity contribution in [1.29, 1.82) is 0 Å². The van der Waals surface area contributed by atoms with E-state index < -0.39 is 0 Å². The number of likely N-dealkylation sites (N-methyl/N-ethyl adjacent to an activating group) is 1. The minimum absolute atomic E-state index is 0.0500. The Bertz CT molecular complexity index is 665. The topological polar surface area (TPSA) is 77.8 Å². The number of aliphatic imine (C=N–C) groups is 1. The number of hydrogen-bond donors (Lipinski definition) is 2. The maximum atomic E-state index is 12.3. The Morgan fingerprint density at radius 2 is 2.07 bits per heavy atom. The Labute approximate surface area is 163 Å². The average Bonchev–Trinajstić information content (AvgIpc) is 3.19. The van der Waals surface area contributed by atoms with Crippen molar-refractivity contribution in [2.45, 2.75) is 45.7 Å². The second kappa shape index (κ2) is 9.73. The summed E-state index contributed by atoms with van der Waals surface area (Å²) in [6.07, 6.45) is 3.05. The molecule has 1 aliphatic heterocycles. The zero-order chi connectivity index (χ0) is 20.0. The molecule has 1 aliphatic rings. The number of nitrogens with zero attached hydrogens (tertiary/aromatic N) is 5. The molecular weight excluding hydrogens is 342 g/mol. The number of nitrogens with one attached hydrogen (secondary N) is 2. The summed E-state index contributed by atoms with van der Waals surface area (Å²) in [6.45, 7) is 7.57. The maximum Gasteiger partial charge on any atom is 0.239 e. The van der Waals surface area contributed by atoms with E-state index in [1.807, 2.05) is 32.7 Å². The van der Waals surface area contributed by atoms with Crippen LogP contribution in [0, 0.1) is 13.8 Å². The lowest BCUT2D eigenvalue weighted by molar-refractivity contribution is -0.133. The summed E-state index contributed by atoms with van der Waals surface area (Å²) in [4.78, 5) is 20.6. The smallest absolute Gasteiger partial charge is 0.239 e. The first-order valence-corrected chi connectivity index (χ1v) is 9.74. The number of likely N-dealkylation sites (tertiary alicyclic amines) is 1. The number of guanidine groups is 1. The first kappa shape index (κ1) is 21.2. The van der Waals surface area contributed by atoms with Gasteiger partial charge in [-0.1, -0.05) is 0 Å². The van der Waals surface area contributed by atoms with Gasteiger partial charge in [-0.2, -0.15) is 5.10 Å². The van der Waals surface area contributed by atoms with Crippen LogP contribution < -0.4 is 10.6 Å². The number of carbonyl (C=O) groups is 1. The van der Waals surface area contributed by atoms with E-state index >= 15 is 0 Å². The Kier molecular flexibility index (Phi) is 7.65. The second-order valence-corrected chi connectivity index (χ2v) is 7.41. The maximum absolute atomic E-state index is 12.3. The predicted octanol–water partition coefficient (Wildman–Crippen LogP) is 0.645. The molecule has 27 heavy (non-hydrogen) atoms. The fraction of sp³-hybridized carbons (Fsp3) is 0.737. The highest BCUT2D eigenvalue weighted by atomic mass is 16.2. The standard InChI is InChI=1S/C19H35N7O/c1-14-16(15(2)25(6)23-14)13-22-19(20-3)21-10-8-12-26-11-7-9-17(26)18(27)24(4)5/h17H,7-13H2,1-6H3,(H2,20,21,22). The van der Waals surface area contributed by atoms with Crippen LogP contribution in [-0.4, -0.2) is 78.3 Å². The van der Waals surface area contributed by atoms with Crippen LogP contribution in [0.25, 0.3) is 0 Å². The first-order valence-electron chi connectivity index (χ1n) is 9.74. The molecule has 0 aromatic carbocycles. The number of hydrogen-bond acceptors (Lipinski definition) is 4. The van der Waals surface area contributed by atoms with Gasteiger partial charge in [0.25, 0.3) is 0 Å².